The molecule has 0 aromatic heterocycles. The third-order valence-electron chi connectivity index (χ3n) is 3.01. The molecule has 0 unspecified atom stereocenters. The lowest BCUT2D eigenvalue weighted by molar-refractivity contribution is 0.578. The molecule has 124 valence electrons. The van der Waals surface area contributed by atoms with E-state index in [9.17, 15) is 8.42 Å². The lowest BCUT2D eigenvalue weighted by Crippen LogP contribution is -2.32. The second-order valence-electron chi connectivity index (χ2n) is 4.82. The monoisotopic (exact) mass is 337 g/mol. The Hall–Kier alpha value is -2.46. The normalized spacial score (nSPS) is 14.4. The van der Waals surface area contributed by atoms with Crippen molar-refractivity contribution in [1.82, 2.24) is 4.72 Å². The van der Waals surface area contributed by atoms with E-state index in [1.165, 1.54) is 12.1 Å². The van der Waals surface area contributed by atoms with Crippen LogP contribution in [0.2, 0.25) is 0 Å². The SMILES string of the molecule is CCCCNS(=O)(=O)c1cccc(NN=C2C(N)=NN=C2N)c1. The number of nitrogens with zero attached hydrogens (tertiary/aromatic N) is 3. The Balaban J connectivity index is 2.13. The summed E-state index contributed by atoms with van der Waals surface area (Å²) in [4.78, 5) is 0.147. The lowest BCUT2D eigenvalue weighted by Gasteiger charge is -2.08. The van der Waals surface area contributed by atoms with Gasteiger partial charge in [0.15, 0.2) is 17.4 Å². The summed E-state index contributed by atoms with van der Waals surface area (Å²) in [5.74, 6) is 0.194. The first-order valence-electron chi connectivity index (χ1n) is 7.05. The number of benzene rings is 1. The Morgan fingerprint density at radius 3 is 2.57 bits per heavy atom. The molecule has 0 saturated carbocycles. The maximum Gasteiger partial charge on any atom is 0.240 e. The van der Waals surface area contributed by atoms with E-state index >= 15 is 0 Å². The quantitative estimate of drug-likeness (QED) is 0.414. The highest BCUT2D eigenvalue weighted by molar-refractivity contribution is 7.89. The molecule has 1 aromatic carbocycles. The zero-order valence-corrected chi connectivity index (χ0v) is 13.5. The highest BCUT2D eigenvalue weighted by atomic mass is 32.2. The third-order valence-corrected chi connectivity index (χ3v) is 4.47. The van der Waals surface area contributed by atoms with Crippen LogP contribution in [0.5, 0.6) is 0 Å². The van der Waals surface area contributed by atoms with Gasteiger partial charge in [0, 0.05) is 6.54 Å². The highest BCUT2D eigenvalue weighted by Gasteiger charge is 2.17. The van der Waals surface area contributed by atoms with Gasteiger partial charge in [-0.3, -0.25) is 5.43 Å². The number of hydrazone groups is 1. The van der Waals surface area contributed by atoms with Gasteiger partial charge in [-0.15, -0.1) is 10.2 Å². The molecule has 1 aliphatic heterocycles. The predicted octanol–water partition coefficient (Wildman–Crippen LogP) is 0.176. The fourth-order valence-electron chi connectivity index (χ4n) is 1.77. The van der Waals surface area contributed by atoms with Crippen LogP contribution in [0, 0.1) is 0 Å². The van der Waals surface area contributed by atoms with E-state index in [4.69, 9.17) is 11.5 Å². The van der Waals surface area contributed by atoms with E-state index in [1.54, 1.807) is 12.1 Å². The van der Waals surface area contributed by atoms with Crippen molar-refractivity contribution in [2.24, 2.45) is 26.8 Å². The van der Waals surface area contributed by atoms with Gasteiger partial charge in [0.25, 0.3) is 0 Å². The Bertz CT molecular complexity index is 748. The van der Waals surface area contributed by atoms with Crippen LogP contribution < -0.4 is 21.6 Å². The number of rotatable bonds is 7. The molecule has 0 radical (unpaired) electrons. The molecule has 1 aliphatic rings. The number of hydrogen-bond donors (Lipinski definition) is 4. The van der Waals surface area contributed by atoms with E-state index in [0.29, 0.717) is 12.2 Å². The fourth-order valence-corrected chi connectivity index (χ4v) is 2.89. The Morgan fingerprint density at radius 2 is 1.91 bits per heavy atom. The molecule has 0 saturated heterocycles. The van der Waals surface area contributed by atoms with Crippen molar-refractivity contribution in [3.05, 3.63) is 24.3 Å². The molecular weight excluding hydrogens is 318 g/mol. The van der Waals surface area contributed by atoms with E-state index < -0.39 is 10.0 Å². The van der Waals surface area contributed by atoms with Crippen molar-refractivity contribution in [3.63, 3.8) is 0 Å². The van der Waals surface area contributed by atoms with E-state index in [1.807, 2.05) is 6.92 Å². The van der Waals surface area contributed by atoms with Crippen LogP contribution in [-0.4, -0.2) is 32.3 Å². The smallest absolute Gasteiger partial charge is 0.240 e. The van der Waals surface area contributed by atoms with Crippen molar-refractivity contribution in [3.8, 4) is 0 Å². The summed E-state index contributed by atoms with van der Waals surface area (Å²) in [5, 5.41) is 11.2. The summed E-state index contributed by atoms with van der Waals surface area (Å²) >= 11 is 0. The minimum Gasteiger partial charge on any atom is -0.380 e. The van der Waals surface area contributed by atoms with Gasteiger partial charge in [0.2, 0.25) is 10.0 Å². The van der Waals surface area contributed by atoms with Crippen LogP contribution in [0.3, 0.4) is 0 Å². The summed E-state index contributed by atoms with van der Waals surface area (Å²) in [6, 6.07) is 6.26. The summed E-state index contributed by atoms with van der Waals surface area (Å²) in [6.07, 6.45) is 1.69. The molecule has 0 atom stereocenters. The third kappa shape index (κ3) is 4.27. The van der Waals surface area contributed by atoms with Crippen LogP contribution in [0.15, 0.2) is 44.5 Å². The van der Waals surface area contributed by atoms with Gasteiger partial charge >= 0.3 is 0 Å². The average molecular weight is 337 g/mol. The number of nitrogens with one attached hydrogen (secondary N) is 2. The van der Waals surface area contributed by atoms with Gasteiger partial charge in [0.1, 0.15) is 0 Å². The number of unbranched alkanes of at least 4 members (excludes halogenated alkanes) is 1. The Morgan fingerprint density at radius 1 is 1.22 bits per heavy atom. The van der Waals surface area contributed by atoms with Crippen LogP contribution in [0.4, 0.5) is 5.69 Å². The molecule has 0 spiro atoms. The van der Waals surface area contributed by atoms with Crippen LogP contribution in [-0.2, 0) is 10.0 Å². The number of anilines is 1. The van der Waals surface area contributed by atoms with Gasteiger partial charge < -0.3 is 11.5 Å². The summed E-state index contributed by atoms with van der Waals surface area (Å²) in [5.41, 5.74) is 14.6. The van der Waals surface area contributed by atoms with E-state index in [2.05, 4.69) is 25.5 Å². The van der Waals surface area contributed by atoms with Gasteiger partial charge in [-0.1, -0.05) is 19.4 Å². The van der Waals surface area contributed by atoms with E-state index in [0.717, 1.165) is 12.8 Å². The molecule has 23 heavy (non-hydrogen) atoms. The molecule has 0 fully saturated rings. The maximum absolute atomic E-state index is 12.2. The zero-order valence-electron chi connectivity index (χ0n) is 12.7. The van der Waals surface area contributed by atoms with Crippen molar-refractivity contribution >= 4 is 33.1 Å². The molecule has 0 aliphatic carbocycles. The molecule has 0 bridgehead atoms. The zero-order chi connectivity index (χ0) is 16.9. The first kappa shape index (κ1) is 16.9. The van der Waals surface area contributed by atoms with Crippen molar-refractivity contribution in [2.45, 2.75) is 24.7 Å². The molecule has 0 amide bonds. The Kier molecular flexibility index (Phi) is 5.29. The lowest BCUT2D eigenvalue weighted by atomic mass is 10.3. The van der Waals surface area contributed by atoms with Gasteiger partial charge in [-0.25, -0.2) is 13.1 Å². The van der Waals surface area contributed by atoms with E-state index in [-0.39, 0.29) is 22.3 Å². The summed E-state index contributed by atoms with van der Waals surface area (Å²) in [6.45, 7) is 2.39. The molecule has 1 aromatic rings. The molecular formula is C13H19N7O2S. The largest absolute Gasteiger partial charge is 0.380 e. The Labute approximate surface area is 134 Å². The summed E-state index contributed by atoms with van der Waals surface area (Å²) in [7, 11) is -3.55. The van der Waals surface area contributed by atoms with Gasteiger partial charge in [0.05, 0.1) is 10.6 Å². The minimum absolute atomic E-state index is 0.0972. The molecule has 2 rings (SSSR count). The van der Waals surface area contributed by atoms with Crippen molar-refractivity contribution < 1.29 is 8.42 Å². The molecule has 1 heterocycles. The van der Waals surface area contributed by atoms with Crippen molar-refractivity contribution in [2.75, 3.05) is 12.0 Å². The maximum atomic E-state index is 12.2. The fraction of sp³-hybridized carbons (Fsp3) is 0.308. The van der Waals surface area contributed by atoms with Crippen LogP contribution in [0.25, 0.3) is 0 Å². The number of amidine groups is 2. The first-order chi connectivity index (χ1) is 10.9. The van der Waals surface area contributed by atoms with Crippen molar-refractivity contribution in [1.29, 1.82) is 0 Å². The van der Waals surface area contributed by atoms with Gasteiger partial charge in [-0.05, 0) is 24.6 Å². The first-order valence-corrected chi connectivity index (χ1v) is 8.53. The highest BCUT2D eigenvalue weighted by Crippen LogP contribution is 2.15. The number of hydrogen-bond acceptors (Lipinski definition) is 8. The number of nitrogens with two attached hydrogens (primary N) is 2. The second kappa shape index (κ2) is 7.20. The standard InChI is InChI=1S/C13H19N7O2S/c1-2-3-7-16-23(21,22)10-6-4-5-9(8-10)17-18-11-12(14)19-20-13(11)15/h4-6,8,16-17H,2-3,7H2,1H3,(H4,14,15,18,19,20). The molecule has 6 N–H and O–H groups in total. The van der Waals surface area contributed by atoms with Crippen LogP contribution >= 0.6 is 0 Å². The topological polar surface area (TPSA) is 147 Å². The summed E-state index contributed by atoms with van der Waals surface area (Å²) < 4.78 is 26.9. The van der Waals surface area contributed by atoms with Gasteiger partial charge in [-0.2, -0.15) is 5.10 Å². The number of sulfonamides is 1. The predicted molar refractivity (Wildman–Crippen MR) is 90.8 cm³/mol. The molecule has 9 nitrogen and oxygen atoms in total. The van der Waals surface area contributed by atoms with Crippen LogP contribution in [0.1, 0.15) is 19.8 Å². The minimum atomic E-state index is -3.55. The molecule has 10 heteroatoms. The average Bonchev–Trinajstić information content (AvgIpc) is 2.84. The second-order valence-corrected chi connectivity index (χ2v) is 6.59.